The van der Waals surface area contributed by atoms with Gasteiger partial charge in [-0.3, -0.25) is 5.32 Å². The van der Waals surface area contributed by atoms with Crippen molar-refractivity contribution in [1.29, 1.82) is 0 Å². The van der Waals surface area contributed by atoms with E-state index in [1.165, 1.54) is 19.2 Å². The van der Waals surface area contributed by atoms with Gasteiger partial charge in [-0.1, -0.05) is 5.16 Å². The molecule has 1 rings (SSSR count). The number of hydrogen-bond donors (Lipinski definition) is 1. The Kier molecular flexibility index (Phi) is 8.60. The number of oxime groups is 1. The molecule has 0 atom stereocenters. The van der Waals surface area contributed by atoms with Gasteiger partial charge in [-0.2, -0.15) is 8.42 Å². The fourth-order valence-corrected chi connectivity index (χ4v) is 2.83. The third-order valence-electron chi connectivity index (χ3n) is 3.03. The van der Waals surface area contributed by atoms with Gasteiger partial charge < -0.3 is 18.5 Å². The Labute approximate surface area is 196 Å². The van der Waals surface area contributed by atoms with Gasteiger partial charge in [0.25, 0.3) is 0 Å². The number of nitrogens with zero attached hydrogens (tertiary/aromatic N) is 2. The molecule has 0 aliphatic heterocycles. The molecule has 0 aromatic carbocycles. The van der Waals surface area contributed by atoms with Crippen LogP contribution in [0.15, 0.2) is 10.5 Å². The van der Waals surface area contributed by atoms with Crippen LogP contribution in [0.5, 0.6) is 0 Å². The zero-order chi connectivity index (χ0) is 25.8. The molecule has 33 heavy (non-hydrogen) atoms. The number of amides is 1. The molecule has 12 nitrogen and oxygen atoms in total. The van der Waals surface area contributed by atoms with E-state index in [0.29, 0.717) is 6.26 Å². The van der Waals surface area contributed by atoms with E-state index in [1.807, 2.05) is 0 Å². The molecule has 0 fully saturated rings. The maximum Gasteiger partial charge on any atom is 0.413 e. The highest BCUT2D eigenvalue weighted by molar-refractivity contribution is 7.86. The molecule has 0 aliphatic carbocycles. The summed E-state index contributed by atoms with van der Waals surface area (Å²) < 4.78 is 37.6. The Morgan fingerprint density at radius 3 is 2.03 bits per heavy atom. The van der Waals surface area contributed by atoms with E-state index in [4.69, 9.17) is 14.3 Å². The highest BCUT2D eigenvalue weighted by Crippen LogP contribution is 2.21. The van der Waals surface area contributed by atoms with Crippen LogP contribution in [-0.2, 0) is 38.2 Å². The number of anilines is 1. The third kappa shape index (κ3) is 10.6. The van der Waals surface area contributed by atoms with Gasteiger partial charge in [0.1, 0.15) is 16.9 Å². The van der Waals surface area contributed by atoms with Crippen LogP contribution in [0.25, 0.3) is 0 Å². The monoisotopic (exact) mass is 507 g/mol. The zero-order valence-corrected chi connectivity index (χ0v) is 21.6. The molecule has 1 aromatic rings. The number of aromatic nitrogens is 1. The number of rotatable bonds is 7. The Morgan fingerprint density at radius 1 is 1.00 bits per heavy atom. The van der Waals surface area contributed by atoms with E-state index in [9.17, 15) is 22.8 Å². The first-order chi connectivity index (χ1) is 14.7. The van der Waals surface area contributed by atoms with Crippen LogP contribution in [0.1, 0.15) is 61.1 Å². The van der Waals surface area contributed by atoms with Crippen molar-refractivity contribution in [2.45, 2.75) is 72.2 Å². The molecule has 1 heterocycles. The van der Waals surface area contributed by atoms with Crippen molar-refractivity contribution in [3.8, 4) is 0 Å². The zero-order valence-electron chi connectivity index (χ0n) is 20.0. The lowest BCUT2D eigenvalue weighted by atomic mass is 10.1. The number of ether oxygens (including phenoxy) is 2. The van der Waals surface area contributed by atoms with E-state index in [-0.39, 0.29) is 10.8 Å². The predicted molar refractivity (Wildman–Crippen MR) is 120 cm³/mol. The number of nitrogens with one attached hydrogen (secondary N) is 1. The number of hydrogen-bond acceptors (Lipinski definition) is 12. The number of esters is 1. The maximum atomic E-state index is 12.4. The first-order valence-electron chi connectivity index (χ1n) is 9.58. The van der Waals surface area contributed by atoms with Crippen LogP contribution < -0.4 is 5.32 Å². The Balaban J connectivity index is 3.21. The summed E-state index contributed by atoms with van der Waals surface area (Å²) in [5.41, 5.74) is -4.02. The van der Waals surface area contributed by atoms with Crippen LogP contribution in [-0.4, -0.2) is 60.2 Å². The van der Waals surface area contributed by atoms with Gasteiger partial charge in [0.15, 0.2) is 5.13 Å². The second-order valence-corrected chi connectivity index (χ2v) is 11.7. The second-order valence-electron chi connectivity index (χ2n) is 9.28. The summed E-state index contributed by atoms with van der Waals surface area (Å²) in [6, 6.07) is 0. The predicted octanol–water partition coefficient (Wildman–Crippen LogP) is 2.83. The van der Waals surface area contributed by atoms with Crippen molar-refractivity contribution in [3.63, 3.8) is 0 Å². The Morgan fingerprint density at radius 2 is 1.55 bits per heavy atom. The summed E-state index contributed by atoms with van der Waals surface area (Å²) in [6.07, 6.45) is -0.118. The van der Waals surface area contributed by atoms with E-state index in [0.717, 1.165) is 11.3 Å². The molecular weight excluding hydrogens is 478 g/mol. The fraction of sp³-hybridized carbons (Fsp3) is 0.632. The molecule has 0 bridgehead atoms. The normalized spacial score (nSPS) is 13.2. The van der Waals surface area contributed by atoms with Crippen LogP contribution in [0.2, 0.25) is 0 Å². The van der Waals surface area contributed by atoms with Crippen molar-refractivity contribution in [3.05, 3.63) is 11.1 Å². The summed E-state index contributed by atoms with van der Waals surface area (Å²) in [7, 11) is -4.19. The molecule has 0 saturated carbocycles. The number of thiazole rings is 1. The average molecular weight is 508 g/mol. The average Bonchev–Trinajstić information content (AvgIpc) is 2.97. The second kappa shape index (κ2) is 10.0. The van der Waals surface area contributed by atoms with Crippen LogP contribution >= 0.6 is 11.3 Å². The standard InChI is InChI=1S/C19H29N3O9S2/c1-17(2,3)28-14(24)19(7,8)31-22-12(13(23)30-33(9,26)27)11-10-32-15(20-11)21-16(25)29-18(4,5)6/h10H,1-9H3,(H,20,21,25)/b22-12-. The number of carbonyl (C=O) groups excluding carboxylic acids is 3. The van der Waals surface area contributed by atoms with Gasteiger partial charge in [0.05, 0.1) is 6.26 Å². The summed E-state index contributed by atoms with van der Waals surface area (Å²) >= 11 is 0.907. The van der Waals surface area contributed by atoms with Gasteiger partial charge >= 0.3 is 28.1 Å². The van der Waals surface area contributed by atoms with Crippen molar-refractivity contribution in [2.75, 3.05) is 11.6 Å². The van der Waals surface area contributed by atoms with Crippen LogP contribution in [0.4, 0.5) is 9.93 Å². The SMILES string of the molecule is CC(C)(C)OC(=O)Nc1nc(/C(=N/OC(C)(C)C(=O)OC(C)(C)C)C(=O)OS(C)(=O)=O)cs1. The highest BCUT2D eigenvalue weighted by atomic mass is 32.2. The van der Waals surface area contributed by atoms with E-state index < -0.39 is 50.7 Å². The van der Waals surface area contributed by atoms with Gasteiger partial charge in [0, 0.05) is 5.38 Å². The lowest BCUT2D eigenvalue weighted by Gasteiger charge is -2.26. The molecule has 0 aliphatic rings. The first kappa shape index (κ1) is 28.3. The van der Waals surface area contributed by atoms with E-state index in [2.05, 4.69) is 19.6 Å². The third-order valence-corrected chi connectivity index (χ3v) is 4.24. The summed E-state index contributed by atoms with van der Waals surface area (Å²) in [5.74, 6) is -2.17. The lowest BCUT2D eigenvalue weighted by molar-refractivity contribution is -0.179. The maximum absolute atomic E-state index is 12.4. The minimum atomic E-state index is -4.19. The van der Waals surface area contributed by atoms with Crippen molar-refractivity contribution in [2.24, 2.45) is 5.16 Å². The van der Waals surface area contributed by atoms with E-state index >= 15 is 0 Å². The van der Waals surface area contributed by atoms with Gasteiger partial charge in [-0.05, 0) is 55.4 Å². The molecular formula is C19H29N3O9S2. The first-order valence-corrected chi connectivity index (χ1v) is 12.3. The molecule has 14 heteroatoms. The minimum Gasteiger partial charge on any atom is -0.457 e. The van der Waals surface area contributed by atoms with Gasteiger partial charge in [0.2, 0.25) is 11.3 Å². The summed E-state index contributed by atoms with van der Waals surface area (Å²) in [5, 5.41) is 7.35. The van der Waals surface area contributed by atoms with Crippen molar-refractivity contribution in [1.82, 2.24) is 4.98 Å². The topological polar surface area (TPSA) is 160 Å². The molecule has 186 valence electrons. The van der Waals surface area contributed by atoms with Gasteiger partial charge in [-0.15, -0.1) is 11.3 Å². The summed E-state index contributed by atoms with van der Waals surface area (Å²) in [4.78, 5) is 45.9. The quantitative estimate of drug-likeness (QED) is 0.251. The summed E-state index contributed by atoms with van der Waals surface area (Å²) in [6.45, 7) is 12.7. The van der Waals surface area contributed by atoms with Crippen LogP contribution in [0.3, 0.4) is 0 Å². The van der Waals surface area contributed by atoms with Crippen LogP contribution in [0, 0.1) is 0 Å². The smallest absolute Gasteiger partial charge is 0.413 e. The Bertz CT molecular complexity index is 1030. The minimum absolute atomic E-state index is 0.0329. The van der Waals surface area contributed by atoms with Gasteiger partial charge in [-0.25, -0.2) is 19.4 Å². The van der Waals surface area contributed by atoms with Crippen molar-refractivity contribution < 1.29 is 41.3 Å². The molecule has 1 amide bonds. The van der Waals surface area contributed by atoms with Crippen molar-refractivity contribution >= 4 is 50.3 Å². The molecule has 0 spiro atoms. The fourth-order valence-electron chi connectivity index (χ4n) is 1.79. The molecule has 0 saturated heterocycles. The highest BCUT2D eigenvalue weighted by Gasteiger charge is 2.36. The van der Waals surface area contributed by atoms with E-state index in [1.54, 1.807) is 41.5 Å². The Hall–Kier alpha value is -2.74. The molecule has 1 aromatic heterocycles. The molecule has 0 unspecified atom stereocenters. The largest absolute Gasteiger partial charge is 0.457 e. The lowest BCUT2D eigenvalue weighted by Crippen LogP contribution is -2.40. The number of carbonyl (C=O) groups is 3. The molecule has 0 radical (unpaired) electrons. The molecule has 1 N–H and O–H groups in total.